The molecule has 30 valence electrons. The monoisotopic (exact) mass is 76.0 g/mol. The van der Waals surface area contributed by atoms with E-state index < -0.39 is 5.95 Å². The fourth-order valence-corrected chi connectivity index (χ4v) is 0. The maximum Gasteiger partial charge on any atom is 0.200 e. The molecule has 0 spiro atoms. The van der Waals surface area contributed by atoms with E-state index in [4.69, 9.17) is 0 Å². The number of rotatable bonds is 0. The number of halogens is 1. The van der Waals surface area contributed by atoms with Gasteiger partial charge in [0.15, 0.2) is 5.95 Å². The summed E-state index contributed by atoms with van der Waals surface area (Å²) in [5.41, 5.74) is 8.87. The minimum atomic E-state index is -0.843. The SMILES string of the molecule is N/C=C(\N)F. The molecule has 0 aromatic rings. The van der Waals surface area contributed by atoms with Crippen LogP contribution in [-0.2, 0) is 0 Å². The van der Waals surface area contributed by atoms with E-state index in [1.807, 2.05) is 0 Å². The quantitative estimate of drug-likeness (QED) is 0.388. The fourth-order valence-electron chi connectivity index (χ4n) is 0. The second-order valence-corrected chi connectivity index (χ2v) is 0.552. The van der Waals surface area contributed by atoms with E-state index in [-0.39, 0.29) is 0 Å². The molecule has 0 saturated carbocycles. The Bertz CT molecular complexity index is 45.6. The van der Waals surface area contributed by atoms with Crippen molar-refractivity contribution >= 4 is 0 Å². The van der Waals surface area contributed by atoms with Crippen LogP contribution in [0.2, 0.25) is 0 Å². The maximum atomic E-state index is 10.9. The van der Waals surface area contributed by atoms with Crippen LogP contribution in [0.4, 0.5) is 4.39 Å². The van der Waals surface area contributed by atoms with Crippen molar-refractivity contribution in [1.29, 1.82) is 0 Å². The Kier molecular flexibility index (Phi) is 1.35. The molecule has 4 N–H and O–H groups in total. The van der Waals surface area contributed by atoms with Gasteiger partial charge in [-0.15, -0.1) is 0 Å². The fraction of sp³-hybridized carbons (Fsp3) is 0. The summed E-state index contributed by atoms with van der Waals surface area (Å²) in [7, 11) is 0. The van der Waals surface area contributed by atoms with Crippen LogP contribution in [0.25, 0.3) is 0 Å². The van der Waals surface area contributed by atoms with Crippen LogP contribution in [-0.4, -0.2) is 0 Å². The van der Waals surface area contributed by atoms with E-state index in [2.05, 4.69) is 11.5 Å². The number of nitrogens with two attached hydrogens (primary N) is 2. The molecule has 0 aliphatic heterocycles. The third kappa shape index (κ3) is 3.27. The molecule has 0 amide bonds. The lowest BCUT2D eigenvalue weighted by atomic mass is 10.9. The molecule has 0 aliphatic rings. The minimum absolute atomic E-state index is 0.694. The molecule has 0 unspecified atom stereocenters. The molecule has 0 aliphatic carbocycles. The largest absolute Gasteiger partial charge is 0.401 e. The summed E-state index contributed by atoms with van der Waals surface area (Å²) in [6.07, 6.45) is 0.694. The highest BCUT2D eigenvalue weighted by Gasteiger charge is 1.67. The van der Waals surface area contributed by atoms with Crippen molar-refractivity contribution in [2.75, 3.05) is 0 Å². The van der Waals surface area contributed by atoms with Gasteiger partial charge in [0.25, 0.3) is 0 Å². The van der Waals surface area contributed by atoms with Gasteiger partial charge in [-0.05, 0) is 0 Å². The van der Waals surface area contributed by atoms with Crippen LogP contribution in [0.15, 0.2) is 12.2 Å². The molecule has 2 nitrogen and oxygen atoms in total. The topological polar surface area (TPSA) is 52.0 Å². The summed E-state index contributed by atoms with van der Waals surface area (Å²) in [5, 5.41) is 0. The molecule has 0 fully saturated rings. The third-order valence-electron chi connectivity index (χ3n) is 0.159. The molecule has 0 aromatic heterocycles. The smallest absolute Gasteiger partial charge is 0.200 e. The Hall–Kier alpha value is -0.730. The molecule has 0 atom stereocenters. The molecule has 0 bridgehead atoms. The first kappa shape index (κ1) is 4.27. The van der Waals surface area contributed by atoms with Gasteiger partial charge in [-0.1, -0.05) is 0 Å². The predicted octanol–water partition coefficient (Wildman–Crippen LogP) is -0.328. The van der Waals surface area contributed by atoms with Crippen LogP contribution in [0, 0.1) is 0 Å². The summed E-state index contributed by atoms with van der Waals surface area (Å²) in [6.45, 7) is 0. The summed E-state index contributed by atoms with van der Waals surface area (Å²) >= 11 is 0. The predicted molar refractivity (Wildman–Crippen MR) is 17.6 cm³/mol. The zero-order valence-corrected chi connectivity index (χ0v) is 2.61. The van der Waals surface area contributed by atoms with Gasteiger partial charge in [-0.25, -0.2) is 0 Å². The van der Waals surface area contributed by atoms with Gasteiger partial charge >= 0.3 is 0 Å². The van der Waals surface area contributed by atoms with Gasteiger partial charge in [-0.3, -0.25) is 0 Å². The van der Waals surface area contributed by atoms with Crippen LogP contribution in [0.3, 0.4) is 0 Å². The van der Waals surface area contributed by atoms with Crippen molar-refractivity contribution in [2.24, 2.45) is 11.5 Å². The standard InChI is InChI=1S/C2H5FN2/c3-2(5)1-4/h1H,4-5H2/b2-1-. The average Bonchev–Trinajstić information content (AvgIpc) is 1.38. The minimum Gasteiger partial charge on any atom is -0.401 e. The molecule has 3 heteroatoms. The number of hydrogen-bond acceptors (Lipinski definition) is 2. The molecular formula is C2H5FN2. The van der Waals surface area contributed by atoms with Crippen LogP contribution >= 0.6 is 0 Å². The van der Waals surface area contributed by atoms with Gasteiger partial charge in [0, 0.05) is 6.20 Å². The van der Waals surface area contributed by atoms with Crippen molar-refractivity contribution in [2.45, 2.75) is 0 Å². The van der Waals surface area contributed by atoms with Crippen LogP contribution in [0.5, 0.6) is 0 Å². The van der Waals surface area contributed by atoms with E-state index in [1.165, 1.54) is 0 Å². The third-order valence-corrected chi connectivity index (χ3v) is 0.159. The van der Waals surface area contributed by atoms with Crippen molar-refractivity contribution in [3.05, 3.63) is 12.2 Å². The van der Waals surface area contributed by atoms with E-state index in [0.29, 0.717) is 6.20 Å². The first-order chi connectivity index (χ1) is 2.27. The van der Waals surface area contributed by atoms with Crippen LogP contribution in [0.1, 0.15) is 0 Å². The lowest BCUT2D eigenvalue weighted by Crippen LogP contribution is -1.91. The Labute approximate surface area is 29.3 Å². The lowest BCUT2D eigenvalue weighted by molar-refractivity contribution is 0.623. The summed E-state index contributed by atoms with van der Waals surface area (Å²) in [4.78, 5) is 0. The first-order valence-corrected chi connectivity index (χ1v) is 1.10. The van der Waals surface area contributed by atoms with Gasteiger partial charge in [0.2, 0.25) is 0 Å². The van der Waals surface area contributed by atoms with Crippen molar-refractivity contribution in [3.8, 4) is 0 Å². The molecule has 0 saturated heterocycles. The maximum absolute atomic E-state index is 10.9. The summed E-state index contributed by atoms with van der Waals surface area (Å²) < 4.78 is 10.9. The molecule has 5 heavy (non-hydrogen) atoms. The van der Waals surface area contributed by atoms with Crippen molar-refractivity contribution < 1.29 is 4.39 Å². The highest BCUT2D eigenvalue weighted by atomic mass is 19.1. The zero-order valence-electron chi connectivity index (χ0n) is 2.61. The van der Waals surface area contributed by atoms with E-state index >= 15 is 0 Å². The second kappa shape index (κ2) is 1.58. The Morgan fingerprint density at radius 2 is 2.00 bits per heavy atom. The molecule has 0 heterocycles. The van der Waals surface area contributed by atoms with Crippen LogP contribution < -0.4 is 11.5 Å². The molecule has 0 radical (unpaired) electrons. The Morgan fingerprint density at radius 1 is 1.80 bits per heavy atom. The lowest BCUT2D eigenvalue weighted by Gasteiger charge is -1.71. The van der Waals surface area contributed by atoms with E-state index in [0.717, 1.165) is 0 Å². The molecular weight excluding hydrogens is 71.0 g/mol. The van der Waals surface area contributed by atoms with Crippen molar-refractivity contribution in [3.63, 3.8) is 0 Å². The van der Waals surface area contributed by atoms with Gasteiger partial charge in [-0.2, -0.15) is 4.39 Å². The van der Waals surface area contributed by atoms with E-state index in [9.17, 15) is 4.39 Å². The Morgan fingerprint density at radius 3 is 2.00 bits per heavy atom. The normalized spacial score (nSPS) is 11.8. The van der Waals surface area contributed by atoms with E-state index in [1.54, 1.807) is 0 Å². The van der Waals surface area contributed by atoms with Gasteiger partial charge in [0.1, 0.15) is 0 Å². The summed E-state index contributed by atoms with van der Waals surface area (Å²) in [6, 6.07) is 0. The molecule has 0 rings (SSSR count). The van der Waals surface area contributed by atoms with Gasteiger partial charge < -0.3 is 11.5 Å². The summed E-state index contributed by atoms with van der Waals surface area (Å²) in [5.74, 6) is -0.843. The number of hydrogen-bond donors (Lipinski definition) is 2. The Balaban J connectivity index is 3.14. The first-order valence-electron chi connectivity index (χ1n) is 1.10. The highest BCUT2D eigenvalue weighted by Crippen LogP contribution is 1.71. The molecule has 0 aromatic carbocycles. The zero-order chi connectivity index (χ0) is 4.28. The van der Waals surface area contributed by atoms with Crippen molar-refractivity contribution in [1.82, 2.24) is 0 Å². The second-order valence-electron chi connectivity index (χ2n) is 0.552. The highest BCUT2D eigenvalue weighted by molar-refractivity contribution is 4.77. The van der Waals surface area contributed by atoms with Gasteiger partial charge in [0.05, 0.1) is 0 Å². The average molecular weight is 76.1 g/mol.